The first-order valence-corrected chi connectivity index (χ1v) is 9.25. The maximum Gasteiger partial charge on any atom is 0.273 e. The zero-order chi connectivity index (χ0) is 20.2. The van der Waals surface area contributed by atoms with Crippen LogP contribution in [0.2, 0.25) is 0 Å². The highest BCUT2D eigenvalue weighted by atomic mass is 16.5. The van der Waals surface area contributed by atoms with Gasteiger partial charge in [-0.1, -0.05) is 30.3 Å². The van der Waals surface area contributed by atoms with Gasteiger partial charge in [-0.15, -0.1) is 0 Å². The highest BCUT2D eigenvalue weighted by Crippen LogP contribution is 2.30. The molecular weight excluding hydrogens is 366 g/mol. The number of carbonyl (C=O) groups is 1. The van der Waals surface area contributed by atoms with E-state index < -0.39 is 0 Å². The van der Waals surface area contributed by atoms with Crippen molar-refractivity contribution in [3.8, 4) is 5.75 Å². The molecule has 6 nitrogen and oxygen atoms in total. The maximum atomic E-state index is 13.0. The number of nitrogens with one attached hydrogen (secondary N) is 1. The molecule has 146 valence electrons. The Morgan fingerprint density at radius 2 is 2.00 bits per heavy atom. The van der Waals surface area contributed by atoms with Gasteiger partial charge in [0.1, 0.15) is 11.5 Å². The fourth-order valence-corrected chi connectivity index (χ4v) is 3.40. The first kappa shape index (κ1) is 18.6. The van der Waals surface area contributed by atoms with E-state index in [0.29, 0.717) is 17.9 Å². The summed E-state index contributed by atoms with van der Waals surface area (Å²) in [6.07, 6.45) is 3.27. The smallest absolute Gasteiger partial charge is 0.273 e. The minimum atomic E-state index is -0.272. The fraction of sp³-hybridized carbons (Fsp3) is 0.130. The van der Waals surface area contributed by atoms with Crippen LogP contribution in [0, 0.1) is 6.92 Å². The van der Waals surface area contributed by atoms with E-state index in [1.165, 1.54) is 0 Å². The molecule has 0 radical (unpaired) electrons. The highest BCUT2D eigenvalue weighted by molar-refractivity contribution is 6.09. The van der Waals surface area contributed by atoms with Crippen LogP contribution in [-0.4, -0.2) is 23.8 Å². The summed E-state index contributed by atoms with van der Waals surface area (Å²) in [4.78, 5) is 13.0. The second-order valence-corrected chi connectivity index (χ2v) is 6.62. The molecule has 0 aliphatic carbocycles. The van der Waals surface area contributed by atoms with Crippen molar-refractivity contribution in [2.45, 2.75) is 13.5 Å². The summed E-state index contributed by atoms with van der Waals surface area (Å²) in [5.74, 6) is 1.23. The predicted molar refractivity (Wildman–Crippen MR) is 113 cm³/mol. The maximum absolute atomic E-state index is 13.0. The van der Waals surface area contributed by atoms with Gasteiger partial charge in [0.05, 0.1) is 31.7 Å². The first-order chi connectivity index (χ1) is 14.2. The van der Waals surface area contributed by atoms with Crippen LogP contribution in [0.25, 0.3) is 10.9 Å². The van der Waals surface area contributed by atoms with Gasteiger partial charge in [-0.2, -0.15) is 5.10 Å². The zero-order valence-electron chi connectivity index (χ0n) is 16.3. The molecule has 0 bridgehead atoms. The number of hydrazone groups is 1. The molecule has 0 unspecified atom stereocenters. The number of rotatable bonds is 6. The molecule has 1 amide bonds. The molecule has 0 aliphatic rings. The van der Waals surface area contributed by atoms with Crippen molar-refractivity contribution in [2.75, 3.05) is 7.11 Å². The minimum absolute atomic E-state index is 0.272. The molecule has 0 saturated heterocycles. The average molecular weight is 387 g/mol. The van der Waals surface area contributed by atoms with Crippen molar-refractivity contribution in [1.82, 2.24) is 9.99 Å². The van der Waals surface area contributed by atoms with Crippen LogP contribution >= 0.6 is 0 Å². The fourth-order valence-electron chi connectivity index (χ4n) is 3.40. The number of hydrogen-bond acceptors (Lipinski definition) is 4. The van der Waals surface area contributed by atoms with Crippen LogP contribution in [0.1, 0.15) is 27.4 Å². The second kappa shape index (κ2) is 8.06. The largest absolute Gasteiger partial charge is 0.497 e. The highest BCUT2D eigenvalue weighted by Gasteiger charge is 2.21. The number of benzene rings is 2. The molecule has 2 aromatic carbocycles. The van der Waals surface area contributed by atoms with Gasteiger partial charge < -0.3 is 13.7 Å². The lowest BCUT2D eigenvalue weighted by atomic mass is 10.1. The summed E-state index contributed by atoms with van der Waals surface area (Å²) in [6.45, 7) is 2.45. The molecule has 0 saturated carbocycles. The number of nitrogens with zero attached hydrogens (tertiary/aromatic N) is 2. The third kappa shape index (κ3) is 3.78. The lowest BCUT2D eigenvalue weighted by molar-refractivity contribution is 0.0956. The molecule has 4 aromatic rings. The monoisotopic (exact) mass is 387 g/mol. The average Bonchev–Trinajstić information content (AvgIpc) is 3.35. The number of amides is 1. The molecule has 6 heteroatoms. The van der Waals surface area contributed by atoms with Gasteiger partial charge in [-0.05, 0) is 42.8 Å². The SMILES string of the molecule is COc1ccc2c(c1)c(C(=O)N/N=C\c1ccccc1)c(C)n2Cc1ccco1. The van der Waals surface area contributed by atoms with Gasteiger partial charge in [0.2, 0.25) is 0 Å². The summed E-state index contributed by atoms with van der Waals surface area (Å²) >= 11 is 0. The Balaban J connectivity index is 1.71. The summed E-state index contributed by atoms with van der Waals surface area (Å²) in [7, 11) is 1.61. The van der Waals surface area contributed by atoms with Crippen molar-refractivity contribution in [2.24, 2.45) is 5.10 Å². The number of carbonyl (C=O) groups excluding carboxylic acids is 1. The van der Waals surface area contributed by atoms with E-state index in [9.17, 15) is 4.79 Å². The Morgan fingerprint density at radius 3 is 2.72 bits per heavy atom. The van der Waals surface area contributed by atoms with Crippen molar-refractivity contribution < 1.29 is 13.9 Å². The zero-order valence-corrected chi connectivity index (χ0v) is 16.3. The number of methoxy groups -OCH3 is 1. The summed E-state index contributed by atoms with van der Waals surface area (Å²) < 4.78 is 12.9. The third-order valence-electron chi connectivity index (χ3n) is 4.83. The lowest BCUT2D eigenvalue weighted by Crippen LogP contribution is -2.19. The van der Waals surface area contributed by atoms with E-state index >= 15 is 0 Å². The molecule has 0 spiro atoms. The molecule has 0 aliphatic heterocycles. The summed E-state index contributed by atoms with van der Waals surface area (Å²) in [6, 6.07) is 19.1. The number of fused-ring (bicyclic) bond motifs is 1. The summed E-state index contributed by atoms with van der Waals surface area (Å²) in [5, 5.41) is 4.92. The van der Waals surface area contributed by atoms with E-state index in [1.807, 2.05) is 67.6 Å². The molecule has 1 N–H and O–H groups in total. The van der Waals surface area contributed by atoms with Gasteiger partial charge >= 0.3 is 0 Å². The van der Waals surface area contributed by atoms with E-state index in [-0.39, 0.29) is 5.91 Å². The number of furan rings is 1. The third-order valence-corrected chi connectivity index (χ3v) is 4.83. The molecule has 0 atom stereocenters. The van der Waals surface area contributed by atoms with Crippen LogP contribution in [0.3, 0.4) is 0 Å². The van der Waals surface area contributed by atoms with Crippen molar-refractivity contribution in [3.05, 3.63) is 89.5 Å². The quantitative estimate of drug-likeness (QED) is 0.395. The second-order valence-electron chi connectivity index (χ2n) is 6.62. The van der Waals surface area contributed by atoms with Gasteiger partial charge in [0, 0.05) is 16.6 Å². The molecule has 29 heavy (non-hydrogen) atoms. The molecule has 4 rings (SSSR count). The predicted octanol–water partition coefficient (Wildman–Crippen LogP) is 4.36. The first-order valence-electron chi connectivity index (χ1n) is 9.25. The van der Waals surface area contributed by atoms with E-state index in [2.05, 4.69) is 15.1 Å². The molecule has 2 heterocycles. The van der Waals surface area contributed by atoms with Gasteiger partial charge in [-0.25, -0.2) is 5.43 Å². The van der Waals surface area contributed by atoms with Crippen LogP contribution in [0.5, 0.6) is 5.75 Å². The Bertz CT molecular complexity index is 1160. The Morgan fingerprint density at radius 1 is 1.17 bits per heavy atom. The normalized spacial score (nSPS) is 11.2. The number of aromatic nitrogens is 1. The Hall–Kier alpha value is -3.80. The van der Waals surface area contributed by atoms with Gasteiger partial charge in [-0.3, -0.25) is 4.79 Å². The number of hydrogen-bond donors (Lipinski definition) is 1. The Labute approximate surface area is 168 Å². The summed E-state index contributed by atoms with van der Waals surface area (Å²) in [5.41, 5.74) is 5.88. The van der Waals surface area contributed by atoms with E-state index in [1.54, 1.807) is 19.6 Å². The van der Waals surface area contributed by atoms with E-state index in [4.69, 9.17) is 9.15 Å². The standard InChI is InChI=1S/C23H21N3O3/c1-16-22(23(27)25-24-14-17-7-4-3-5-8-17)20-13-18(28-2)10-11-21(20)26(16)15-19-9-6-12-29-19/h3-14H,15H2,1-2H3,(H,25,27)/b24-14-. The Kier molecular flexibility index (Phi) is 5.16. The van der Waals surface area contributed by atoms with Crippen molar-refractivity contribution in [3.63, 3.8) is 0 Å². The van der Waals surface area contributed by atoms with Crippen molar-refractivity contribution in [1.29, 1.82) is 0 Å². The topological polar surface area (TPSA) is 68.8 Å². The van der Waals surface area contributed by atoms with Crippen LogP contribution in [-0.2, 0) is 6.54 Å². The van der Waals surface area contributed by atoms with Gasteiger partial charge in [0.15, 0.2) is 0 Å². The van der Waals surface area contributed by atoms with E-state index in [0.717, 1.165) is 27.9 Å². The van der Waals surface area contributed by atoms with Crippen molar-refractivity contribution >= 4 is 23.0 Å². The van der Waals surface area contributed by atoms with Gasteiger partial charge in [0.25, 0.3) is 5.91 Å². The van der Waals surface area contributed by atoms with Crippen LogP contribution < -0.4 is 10.2 Å². The number of ether oxygens (including phenoxy) is 1. The minimum Gasteiger partial charge on any atom is -0.497 e. The molecule has 2 aromatic heterocycles. The van der Waals surface area contributed by atoms with Crippen LogP contribution in [0.4, 0.5) is 0 Å². The molecule has 0 fully saturated rings. The lowest BCUT2D eigenvalue weighted by Gasteiger charge is -2.07. The van der Waals surface area contributed by atoms with Crippen LogP contribution in [0.15, 0.2) is 76.4 Å². The molecular formula is C23H21N3O3.